The lowest BCUT2D eigenvalue weighted by Gasteiger charge is -2.17. The number of halogens is 1. The largest absolute Gasteiger partial charge is 0.442 e. The molecule has 108 valence electrons. The van der Waals surface area contributed by atoms with Gasteiger partial charge >= 0.3 is 6.09 Å². The number of nitrogens with two attached hydrogens (primary N) is 1. The molecule has 2 N–H and O–H groups in total. The lowest BCUT2D eigenvalue weighted by molar-refractivity contribution is -0.112. The second-order valence-corrected chi connectivity index (χ2v) is 6.45. The summed E-state index contributed by atoms with van der Waals surface area (Å²) in [6.45, 7) is 5.18. The Bertz CT molecular complexity index is 530. The van der Waals surface area contributed by atoms with Gasteiger partial charge in [-0.1, -0.05) is 12.1 Å². The second kappa shape index (κ2) is 6.83. The van der Waals surface area contributed by atoms with Crippen LogP contribution in [0.2, 0.25) is 0 Å². The molecule has 5 nitrogen and oxygen atoms in total. The molecule has 2 amide bonds. The van der Waals surface area contributed by atoms with Crippen LogP contribution in [0.5, 0.6) is 0 Å². The zero-order valence-electron chi connectivity index (χ0n) is 11.6. The van der Waals surface area contributed by atoms with Gasteiger partial charge in [-0.25, -0.2) is 4.79 Å². The van der Waals surface area contributed by atoms with Crippen molar-refractivity contribution in [3.8, 4) is 0 Å². The van der Waals surface area contributed by atoms with Crippen LogP contribution in [0.15, 0.2) is 29.3 Å². The van der Waals surface area contributed by atoms with Crippen LogP contribution in [0.3, 0.4) is 0 Å². The van der Waals surface area contributed by atoms with Gasteiger partial charge in [0.1, 0.15) is 11.3 Å². The van der Waals surface area contributed by atoms with Gasteiger partial charge in [0, 0.05) is 9.99 Å². The predicted octanol–water partition coefficient (Wildman–Crippen LogP) is 2.70. The lowest BCUT2D eigenvalue weighted by Crippen LogP contribution is -2.28. The number of rotatable bonds is 3. The van der Waals surface area contributed by atoms with Gasteiger partial charge in [0.15, 0.2) is 0 Å². The molecule has 0 aliphatic carbocycles. The molecule has 1 aromatic carbocycles. The molecular weight excluding hydrogens is 371 g/mol. The van der Waals surface area contributed by atoms with Crippen molar-refractivity contribution in [2.24, 2.45) is 10.7 Å². The maximum Gasteiger partial charge on any atom is 0.434 e. The Labute approximate surface area is 131 Å². The number of hydrogen-bond donors (Lipinski definition) is 1. The molecule has 1 aromatic rings. The molecule has 0 atom stereocenters. The Hall–Kier alpha value is -1.44. The Morgan fingerprint density at radius 1 is 1.25 bits per heavy atom. The van der Waals surface area contributed by atoms with Gasteiger partial charge in [-0.2, -0.15) is 4.99 Å². The summed E-state index contributed by atoms with van der Waals surface area (Å²) in [7, 11) is 0. The first-order chi connectivity index (χ1) is 9.17. The number of hydrogen-bond acceptors (Lipinski definition) is 3. The van der Waals surface area contributed by atoms with Crippen LogP contribution in [0.1, 0.15) is 26.3 Å². The third-order valence-corrected chi connectivity index (χ3v) is 2.91. The van der Waals surface area contributed by atoms with Crippen molar-refractivity contribution in [2.75, 3.05) is 0 Å². The first-order valence-electron chi connectivity index (χ1n) is 6.02. The highest BCUT2D eigenvalue weighted by atomic mass is 127. The van der Waals surface area contributed by atoms with Gasteiger partial charge in [0.05, 0.1) is 0 Å². The van der Waals surface area contributed by atoms with Crippen molar-refractivity contribution in [2.45, 2.75) is 32.8 Å². The summed E-state index contributed by atoms with van der Waals surface area (Å²) < 4.78 is 6.12. The van der Waals surface area contributed by atoms with Crippen LogP contribution in [-0.2, 0) is 16.0 Å². The summed E-state index contributed by atoms with van der Waals surface area (Å²) in [4.78, 5) is 26.6. The monoisotopic (exact) mass is 388 g/mol. The quantitative estimate of drug-likeness (QED) is 0.639. The molecule has 20 heavy (non-hydrogen) atoms. The number of benzene rings is 1. The van der Waals surface area contributed by atoms with Gasteiger partial charge in [-0.3, -0.25) is 4.79 Å². The smallest absolute Gasteiger partial charge is 0.434 e. The summed E-state index contributed by atoms with van der Waals surface area (Å²) in [5.41, 5.74) is 5.43. The maximum atomic E-state index is 11.6. The molecule has 0 bridgehead atoms. The summed E-state index contributed by atoms with van der Waals surface area (Å²) in [6, 6.07) is 7.52. The Morgan fingerprint density at radius 3 is 2.25 bits per heavy atom. The van der Waals surface area contributed by atoms with Crippen molar-refractivity contribution in [3.63, 3.8) is 0 Å². The Kier molecular flexibility index (Phi) is 5.67. The molecule has 0 heterocycles. The summed E-state index contributed by atoms with van der Waals surface area (Å²) >= 11 is 2.18. The number of nitrogens with zero attached hydrogens (tertiary/aromatic N) is 1. The normalized spacial score (nSPS) is 12.1. The van der Waals surface area contributed by atoms with Crippen LogP contribution in [0.4, 0.5) is 4.79 Å². The molecule has 1 rings (SSSR count). The number of aliphatic imine (C=N–C) groups is 1. The fourth-order valence-corrected chi connectivity index (χ4v) is 1.73. The Morgan fingerprint density at radius 2 is 1.80 bits per heavy atom. The fourth-order valence-electron chi connectivity index (χ4n) is 1.37. The van der Waals surface area contributed by atoms with E-state index in [1.807, 2.05) is 24.3 Å². The van der Waals surface area contributed by atoms with Gasteiger partial charge in [-0.05, 0) is 61.1 Å². The van der Waals surface area contributed by atoms with Crippen molar-refractivity contribution in [1.82, 2.24) is 0 Å². The topological polar surface area (TPSA) is 81.8 Å². The highest BCUT2D eigenvalue weighted by Gasteiger charge is 2.18. The van der Waals surface area contributed by atoms with E-state index in [9.17, 15) is 9.59 Å². The highest BCUT2D eigenvalue weighted by molar-refractivity contribution is 14.1. The first-order valence-corrected chi connectivity index (χ1v) is 7.10. The molecule has 0 aromatic heterocycles. The van der Waals surface area contributed by atoms with Crippen LogP contribution in [0, 0.1) is 3.57 Å². The molecule has 0 unspecified atom stereocenters. The maximum absolute atomic E-state index is 11.6. The third-order valence-electron chi connectivity index (χ3n) is 2.19. The van der Waals surface area contributed by atoms with Gasteiger partial charge in [0.25, 0.3) is 5.91 Å². The molecule has 0 saturated heterocycles. The summed E-state index contributed by atoms with van der Waals surface area (Å²) in [6.07, 6.45) is -0.609. The van der Waals surface area contributed by atoms with E-state index < -0.39 is 17.6 Å². The van der Waals surface area contributed by atoms with E-state index in [0.29, 0.717) is 0 Å². The Balaban J connectivity index is 2.86. The van der Waals surface area contributed by atoms with E-state index >= 15 is 0 Å². The lowest BCUT2D eigenvalue weighted by atomic mass is 10.1. The summed E-state index contributed by atoms with van der Waals surface area (Å²) in [5.74, 6) is -0.727. The predicted molar refractivity (Wildman–Crippen MR) is 85.7 cm³/mol. The van der Waals surface area contributed by atoms with Gasteiger partial charge < -0.3 is 10.5 Å². The zero-order chi connectivity index (χ0) is 15.3. The molecule has 0 aliphatic heterocycles. The number of carbonyl (C=O) groups is 2. The minimum absolute atomic E-state index is 0.0135. The zero-order valence-corrected chi connectivity index (χ0v) is 13.8. The SMILES string of the molecule is CC(C)(C)OC(=O)N=C(Cc1ccc(I)cc1)C(N)=O. The van der Waals surface area contributed by atoms with Crippen molar-refractivity contribution in [3.05, 3.63) is 33.4 Å². The molecule has 0 saturated carbocycles. The number of amides is 2. The first kappa shape index (κ1) is 16.6. The van der Waals surface area contributed by atoms with E-state index in [4.69, 9.17) is 10.5 Å². The van der Waals surface area contributed by atoms with E-state index in [2.05, 4.69) is 27.6 Å². The van der Waals surface area contributed by atoms with Crippen LogP contribution in [0.25, 0.3) is 0 Å². The fraction of sp³-hybridized carbons (Fsp3) is 0.357. The third kappa shape index (κ3) is 6.14. The number of carbonyl (C=O) groups excluding carboxylic acids is 2. The molecule has 0 aliphatic rings. The number of ether oxygens (including phenoxy) is 1. The minimum atomic E-state index is -0.809. The average molecular weight is 388 g/mol. The minimum Gasteiger partial charge on any atom is -0.442 e. The highest BCUT2D eigenvalue weighted by Crippen LogP contribution is 2.10. The van der Waals surface area contributed by atoms with Gasteiger partial charge in [0.2, 0.25) is 0 Å². The van der Waals surface area contributed by atoms with E-state index in [1.54, 1.807) is 20.8 Å². The summed E-state index contributed by atoms with van der Waals surface area (Å²) in [5, 5.41) is 0. The van der Waals surface area contributed by atoms with Crippen LogP contribution >= 0.6 is 22.6 Å². The molecule has 6 heteroatoms. The van der Waals surface area contributed by atoms with E-state index in [0.717, 1.165) is 9.13 Å². The molecule has 0 spiro atoms. The number of primary amides is 1. The van der Waals surface area contributed by atoms with E-state index in [1.165, 1.54) is 0 Å². The average Bonchev–Trinajstić information content (AvgIpc) is 2.28. The van der Waals surface area contributed by atoms with Crippen molar-refractivity contribution < 1.29 is 14.3 Å². The molecular formula is C14H17IN2O3. The van der Waals surface area contributed by atoms with Crippen molar-refractivity contribution in [1.29, 1.82) is 0 Å². The van der Waals surface area contributed by atoms with Gasteiger partial charge in [-0.15, -0.1) is 0 Å². The van der Waals surface area contributed by atoms with Crippen LogP contribution < -0.4 is 5.73 Å². The van der Waals surface area contributed by atoms with Crippen LogP contribution in [-0.4, -0.2) is 23.3 Å². The van der Waals surface area contributed by atoms with E-state index in [-0.39, 0.29) is 12.1 Å². The molecule has 0 fully saturated rings. The standard InChI is InChI=1S/C14H17IN2O3/c1-14(2,3)20-13(19)17-11(12(16)18)8-9-4-6-10(15)7-5-9/h4-7H,8H2,1-3H3,(H2,16,18). The molecule has 0 radical (unpaired) electrons. The van der Waals surface area contributed by atoms with Crippen molar-refractivity contribution >= 4 is 40.3 Å². The second-order valence-electron chi connectivity index (χ2n) is 5.21.